The number of amides is 2. The zero-order valence-corrected chi connectivity index (χ0v) is 18.4. The van der Waals surface area contributed by atoms with Gasteiger partial charge in [-0.3, -0.25) is 9.59 Å². The zero-order valence-electron chi connectivity index (χ0n) is 18.4. The Labute approximate surface area is 197 Å². The molecular formula is C21H18F7N3O5. The number of pyridine rings is 1. The third kappa shape index (κ3) is 4.74. The Morgan fingerprint density at radius 2 is 1.89 bits per heavy atom. The molecule has 1 saturated heterocycles. The Bertz CT molecular complexity index is 1260. The van der Waals surface area contributed by atoms with Crippen LogP contribution in [0, 0.1) is 17.6 Å². The molecule has 2 amide bonds. The van der Waals surface area contributed by atoms with E-state index in [2.05, 4.69) is 9.73 Å². The van der Waals surface area contributed by atoms with Crippen LogP contribution in [-0.2, 0) is 9.53 Å². The van der Waals surface area contributed by atoms with E-state index in [9.17, 15) is 45.5 Å². The molecule has 1 aliphatic rings. The number of halogens is 7. The molecule has 196 valence electrons. The van der Waals surface area contributed by atoms with Gasteiger partial charge >= 0.3 is 12.8 Å². The molecule has 8 nitrogen and oxygen atoms in total. The van der Waals surface area contributed by atoms with Crippen molar-refractivity contribution in [2.24, 2.45) is 16.6 Å². The molecule has 15 heteroatoms. The van der Waals surface area contributed by atoms with E-state index in [1.54, 1.807) is 0 Å². The molecule has 0 saturated carbocycles. The molecule has 1 fully saturated rings. The third-order valence-electron chi connectivity index (χ3n) is 5.97. The molecule has 0 radical (unpaired) electrons. The minimum atomic E-state index is -5.09. The Kier molecular flexibility index (Phi) is 7.08. The van der Waals surface area contributed by atoms with Gasteiger partial charge in [-0.1, -0.05) is 13.0 Å². The molecule has 1 aromatic carbocycles. The van der Waals surface area contributed by atoms with Crippen molar-refractivity contribution in [1.29, 1.82) is 0 Å². The lowest BCUT2D eigenvalue weighted by atomic mass is 9.77. The number of hydrogen-bond donors (Lipinski definition) is 2. The van der Waals surface area contributed by atoms with E-state index in [0.29, 0.717) is 23.8 Å². The first kappa shape index (κ1) is 27.0. The highest BCUT2D eigenvalue weighted by molar-refractivity contribution is 5.91. The summed E-state index contributed by atoms with van der Waals surface area (Å²) in [7, 11) is 0. The van der Waals surface area contributed by atoms with Crippen LogP contribution in [0.25, 0.3) is 0 Å². The summed E-state index contributed by atoms with van der Waals surface area (Å²) in [4.78, 5) is 28.0. The van der Waals surface area contributed by atoms with Gasteiger partial charge < -0.3 is 20.4 Å². The van der Waals surface area contributed by atoms with Crippen molar-refractivity contribution in [2.45, 2.75) is 44.3 Å². The highest BCUT2D eigenvalue weighted by Crippen LogP contribution is 2.55. The first-order chi connectivity index (χ1) is 16.6. The lowest BCUT2D eigenvalue weighted by molar-refractivity contribution is -0.272. The molecule has 0 spiro atoms. The van der Waals surface area contributed by atoms with Crippen LogP contribution in [0.15, 0.2) is 35.5 Å². The van der Waals surface area contributed by atoms with Crippen LogP contribution in [0.2, 0.25) is 0 Å². The van der Waals surface area contributed by atoms with E-state index in [-0.39, 0.29) is 5.36 Å². The zero-order chi connectivity index (χ0) is 27.2. The number of alkyl halides is 5. The normalized spacial score (nSPS) is 24.8. The summed E-state index contributed by atoms with van der Waals surface area (Å²) in [6.07, 6.45) is -6.35. The van der Waals surface area contributed by atoms with Crippen molar-refractivity contribution in [1.82, 2.24) is 4.73 Å². The molecule has 1 aliphatic heterocycles. The van der Waals surface area contributed by atoms with Gasteiger partial charge in [0.1, 0.15) is 11.8 Å². The average Bonchev–Trinajstić information content (AvgIpc) is 3.04. The van der Waals surface area contributed by atoms with Crippen molar-refractivity contribution < 1.29 is 55.0 Å². The standard InChI is InChI=1S/C21H18F7N3O5/c1-8-13(10-3-4-11(22)14(23)15(10)35-19(24)25)16(36-20(8,2)21(26,27)28)18(33)30-9-5-6-31(34)12(7-9)17(29)32/h3-8,13,16,19,34H,1-2H3,(H2,29,32)/t8-,13-,16+,20-/m0/s1. The monoisotopic (exact) mass is 525 g/mol. The van der Waals surface area contributed by atoms with Gasteiger partial charge in [-0.05, 0) is 25.1 Å². The summed E-state index contributed by atoms with van der Waals surface area (Å²) >= 11 is 0. The molecule has 1 aromatic heterocycles. The highest BCUT2D eigenvalue weighted by Gasteiger charge is 2.66. The van der Waals surface area contributed by atoms with Crippen LogP contribution in [-0.4, -0.2) is 46.2 Å². The second-order valence-corrected chi connectivity index (χ2v) is 8.04. The summed E-state index contributed by atoms with van der Waals surface area (Å²) in [5.41, 5.74) is 0.832. The van der Waals surface area contributed by atoms with Gasteiger partial charge in [0, 0.05) is 23.6 Å². The van der Waals surface area contributed by atoms with Gasteiger partial charge in [-0.15, -0.1) is 0 Å². The van der Waals surface area contributed by atoms with Gasteiger partial charge in [-0.2, -0.15) is 31.1 Å². The lowest BCUT2D eigenvalue weighted by Gasteiger charge is -2.32. The fourth-order valence-corrected chi connectivity index (χ4v) is 3.95. The SMILES string of the molecule is C[C@H]1[C@@H](c2ccc(F)c(F)c2OC(F)F)[C@H](C(=O)N=c2ccn(O)c(C(N)=O)c2)O[C@]1(C)C(F)(F)F. The fraction of sp³-hybridized carbons (Fsp3) is 0.381. The van der Waals surface area contributed by atoms with Crippen LogP contribution >= 0.6 is 0 Å². The van der Waals surface area contributed by atoms with Crippen LogP contribution < -0.4 is 15.8 Å². The molecule has 36 heavy (non-hydrogen) atoms. The van der Waals surface area contributed by atoms with Crippen molar-refractivity contribution >= 4 is 11.8 Å². The number of nitrogens with two attached hydrogens (primary N) is 1. The molecule has 0 unspecified atom stereocenters. The average molecular weight is 525 g/mol. The van der Waals surface area contributed by atoms with Gasteiger partial charge in [0.25, 0.3) is 11.8 Å². The number of aromatic nitrogens is 1. The first-order valence-corrected chi connectivity index (χ1v) is 10.1. The molecule has 0 bridgehead atoms. The quantitative estimate of drug-likeness (QED) is 0.459. The van der Waals surface area contributed by atoms with Crippen LogP contribution in [0.5, 0.6) is 5.75 Å². The first-order valence-electron chi connectivity index (χ1n) is 10.1. The van der Waals surface area contributed by atoms with Gasteiger partial charge in [0.2, 0.25) is 5.82 Å². The van der Waals surface area contributed by atoms with Crippen molar-refractivity contribution in [3.05, 3.63) is 58.7 Å². The Balaban J connectivity index is 2.20. The topological polar surface area (TPSA) is 116 Å². The van der Waals surface area contributed by atoms with E-state index in [0.717, 1.165) is 25.3 Å². The molecule has 0 aliphatic carbocycles. The summed E-state index contributed by atoms with van der Waals surface area (Å²) < 4.78 is 105. The van der Waals surface area contributed by atoms with Gasteiger partial charge in [0.05, 0.1) is 5.36 Å². The maximum Gasteiger partial charge on any atom is 0.417 e. The van der Waals surface area contributed by atoms with E-state index < -0.39 is 76.8 Å². The Morgan fingerprint density at radius 3 is 2.44 bits per heavy atom. The minimum Gasteiger partial charge on any atom is -0.431 e. The number of rotatable bonds is 5. The molecule has 2 aromatic rings. The van der Waals surface area contributed by atoms with Gasteiger partial charge in [-0.25, -0.2) is 9.38 Å². The van der Waals surface area contributed by atoms with Gasteiger partial charge in [0.15, 0.2) is 17.2 Å². The van der Waals surface area contributed by atoms with Crippen molar-refractivity contribution in [3.8, 4) is 5.75 Å². The summed E-state index contributed by atoms with van der Waals surface area (Å²) in [5, 5.41) is 9.25. The molecule has 3 rings (SSSR count). The second kappa shape index (κ2) is 9.44. The molecular weight excluding hydrogens is 507 g/mol. The maximum atomic E-state index is 14.4. The van der Waals surface area contributed by atoms with Crippen LogP contribution in [0.1, 0.15) is 35.8 Å². The summed E-state index contributed by atoms with van der Waals surface area (Å²) in [6.45, 7) is -2.08. The lowest BCUT2D eigenvalue weighted by Crippen LogP contribution is -2.47. The van der Waals surface area contributed by atoms with Crippen molar-refractivity contribution in [2.75, 3.05) is 0 Å². The largest absolute Gasteiger partial charge is 0.431 e. The number of ether oxygens (including phenoxy) is 2. The molecule has 3 N–H and O–H groups in total. The minimum absolute atomic E-state index is 0.304. The Morgan fingerprint density at radius 1 is 1.25 bits per heavy atom. The smallest absolute Gasteiger partial charge is 0.417 e. The number of carbonyl (C=O) groups excluding carboxylic acids is 2. The van der Waals surface area contributed by atoms with E-state index in [4.69, 9.17) is 10.5 Å². The fourth-order valence-electron chi connectivity index (χ4n) is 3.95. The van der Waals surface area contributed by atoms with Crippen LogP contribution in [0.3, 0.4) is 0 Å². The third-order valence-corrected chi connectivity index (χ3v) is 5.97. The molecule has 4 atom stereocenters. The number of hydrogen-bond acceptors (Lipinski definition) is 5. The maximum absolute atomic E-state index is 14.4. The number of primary amides is 1. The number of benzene rings is 1. The van der Waals surface area contributed by atoms with E-state index >= 15 is 0 Å². The number of nitrogens with zero attached hydrogens (tertiary/aromatic N) is 2. The van der Waals surface area contributed by atoms with Crippen molar-refractivity contribution in [3.63, 3.8) is 0 Å². The van der Waals surface area contributed by atoms with E-state index in [1.807, 2.05) is 0 Å². The van der Waals surface area contributed by atoms with E-state index in [1.165, 1.54) is 0 Å². The molecule has 2 heterocycles. The summed E-state index contributed by atoms with van der Waals surface area (Å²) in [6, 6.07) is 3.04. The highest BCUT2D eigenvalue weighted by atomic mass is 19.4. The second-order valence-electron chi connectivity index (χ2n) is 8.04. The summed E-state index contributed by atoms with van der Waals surface area (Å²) in [5.74, 6) is -10.9. The Hall–Kier alpha value is -3.62. The van der Waals surface area contributed by atoms with Crippen LogP contribution in [0.4, 0.5) is 30.7 Å². The predicted molar refractivity (Wildman–Crippen MR) is 105 cm³/mol. The predicted octanol–water partition coefficient (Wildman–Crippen LogP) is 3.27. The number of carbonyl (C=O) groups is 2.